The van der Waals surface area contributed by atoms with Crippen LogP contribution in [-0.2, 0) is 11.2 Å². The first-order chi connectivity index (χ1) is 7.49. The van der Waals surface area contributed by atoms with E-state index in [2.05, 4.69) is 0 Å². The lowest BCUT2D eigenvalue weighted by atomic mass is 10.0. The number of aryl methyl sites for hydroxylation is 1. The molecule has 0 aromatic heterocycles. The molecular weight excluding hydrogens is 243 g/mol. The molecule has 0 fully saturated rings. The van der Waals surface area contributed by atoms with Crippen molar-refractivity contribution in [2.45, 2.75) is 33.1 Å². The minimum Gasteiger partial charge on any atom is -0.300 e. The molecule has 0 aliphatic carbocycles. The quantitative estimate of drug-likeness (QED) is 0.758. The smallest absolute Gasteiger partial charge is 0.133 e. The standard InChI is InChI=1S/C13H16Cl2O/c1-9(2)7-12(16)5-3-10-8-11(14)4-6-13(10)15/h4,6,8-9H,3,5,7H2,1-2H3. The van der Waals surface area contributed by atoms with Gasteiger partial charge in [-0.15, -0.1) is 0 Å². The zero-order valence-corrected chi connectivity index (χ0v) is 11.1. The van der Waals surface area contributed by atoms with Crippen LogP contribution >= 0.6 is 23.2 Å². The lowest BCUT2D eigenvalue weighted by Crippen LogP contribution is -2.04. The fraction of sp³-hybridized carbons (Fsp3) is 0.462. The van der Waals surface area contributed by atoms with E-state index in [0.717, 1.165) is 5.56 Å². The van der Waals surface area contributed by atoms with E-state index in [-0.39, 0.29) is 5.78 Å². The minimum absolute atomic E-state index is 0.283. The molecule has 0 saturated heterocycles. The highest BCUT2D eigenvalue weighted by atomic mass is 35.5. The van der Waals surface area contributed by atoms with Gasteiger partial charge in [-0.3, -0.25) is 4.79 Å². The molecule has 0 saturated carbocycles. The van der Waals surface area contributed by atoms with Crippen molar-refractivity contribution in [3.05, 3.63) is 33.8 Å². The number of hydrogen-bond acceptors (Lipinski definition) is 1. The molecule has 0 atom stereocenters. The molecule has 3 heteroatoms. The van der Waals surface area contributed by atoms with Gasteiger partial charge in [0.05, 0.1) is 0 Å². The van der Waals surface area contributed by atoms with Gasteiger partial charge in [-0.1, -0.05) is 37.0 Å². The lowest BCUT2D eigenvalue weighted by Gasteiger charge is -2.06. The lowest BCUT2D eigenvalue weighted by molar-refractivity contribution is -0.119. The maximum absolute atomic E-state index is 11.5. The Hall–Kier alpha value is -0.530. The van der Waals surface area contributed by atoms with Gasteiger partial charge in [0.15, 0.2) is 0 Å². The van der Waals surface area contributed by atoms with Crippen molar-refractivity contribution in [1.29, 1.82) is 0 Å². The van der Waals surface area contributed by atoms with Crippen molar-refractivity contribution < 1.29 is 4.79 Å². The van der Waals surface area contributed by atoms with Crippen LogP contribution in [0.15, 0.2) is 18.2 Å². The van der Waals surface area contributed by atoms with Crippen LogP contribution in [0.1, 0.15) is 32.3 Å². The molecule has 0 heterocycles. The summed E-state index contributed by atoms with van der Waals surface area (Å²) in [6.07, 6.45) is 1.85. The minimum atomic E-state index is 0.283. The Morgan fingerprint density at radius 3 is 2.62 bits per heavy atom. The fourth-order valence-corrected chi connectivity index (χ4v) is 1.97. The van der Waals surface area contributed by atoms with Crippen molar-refractivity contribution in [2.24, 2.45) is 5.92 Å². The fourth-order valence-electron chi connectivity index (χ4n) is 1.57. The van der Waals surface area contributed by atoms with Gasteiger partial charge in [-0.25, -0.2) is 0 Å². The number of carbonyl (C=O) groups excluding carboxylic acids is 1. The van der Waals surface area contributed by atoms with Crippen LogP contribution in [-0.4, -0.2) is 5.78 Å². The molecule has 0 N–H and O–H groups in total. The number of halogens is 2. The monoisotopic (exact) mass is 258 g/mol. The molecule has 1 aromatic carbocycles. The molecule has 1 nitrogen and oxygen atoms in total. The number of Topliss-reactive ketones (excluding diaryl/α,β-unsaturated/α-hetero) is 1. The molecule has 0 bridgehead atoms. The van der Waals surface area contributed by atoms with E-state index in [9.17, 15) is 4.79 Å². The van der Waals surface area contributed by atoms with Gasteiger partial charge in [0, 0.05) is 22.9 Å². The third-order valence-electron chi connectivity index (χ3n) is 2.32. The highest BCUT2D eigenvalue weighted by Crippen LogP contribution is 2.22. The zero-order chi connectivity index (χ0) is 12.1. The van der Waals surface area contributed by atoms with Crippen molar-refractivity contribution >= 4 is 29.0 Å². The van der Waals surface area contributed by atoms with Crippen LogP contribution in [0.5, 0.6) is 0 Å². The maximum atomic E-state index is 11.5. The van der Waals surface area contributed by atoms with Crippen molar-refractivity contribution in [2.75, 3.05) is 0 Å². The summed E-state index contributed by atoms with van der Waals surface area (Å²) in [5.74, 6) is 0.702. The Morgan fingerprint density at radius 2 is 2.00 bits per heavy atom. The number of carbonyl (C=O) groups is 1. The second kappa shape index (κ2) is 6.27. The summed E-state index contributed by atoms with van der Waals surface area (Å²) in [4.78, 5) is 11.5. The van der Waals surface area contributed by atoms with Crippen molar-refractivity contribution in [3.63, 3.8) is 0 Å². The summed E-state index contributed by atoms with van der Waals surface area (Å²) < 4.78 is 0. The molecule has 1 rings (SSSR count). The average molecular weight is 259 g/mol. The average Bonchev–Trinajstić information content (AvgIpc) is 2.18. The Morgan fingerprint density at radius 1 is 1.31 bits per heavy atom. The molecule has 88 valence electrons. The van der Waals surface area contributed by atoms with E-state index in [1.807, 2.05) is 19.9 Å². The Balaban J connectivity index is 2.54. The molecular formula is C13H16Cl2O. The third-order valence-corrected chi connectivity index (χ3v) is 2.92. The van der Waals surface area contributed by atoms with Crippen LogP contribution in [0, 0.1) is 5.92 Å². The maximum Gasteiger partial charge on any atom is 0.133 e. The van der Waals surface area contributed by atoms with Crippen molar-refractivity contribution in [1.82, 2.24) is 0 Å². The zero-order valence-electron chi connectivity index (χ0n) is 9.59. The summed E-state index contributed by atoms with van der Waals surface area (Å²) in [7, 11) is 0. The van der Waals surface area contributed by atoms with Gasteiger partial charge in [-0.2, -0.15) is 0 Å². The van der Waals surface area contributed by atoms with Gasteiger partial charge in [0.25, 0.3) is 0 Å². The molecule has 0 radical (unpaired) electrons. The number of ketones is 1. The summed E-state index contributed by atoms with van der Waals surface area (Å²) >= 11 is 11.9. The van der Waals surface area contributed by atoms with Crippen LogP contribution < -0.4 is 0 Å². The number of rotatable bonds is 5. The van der Waals surface area contributed by atoms with Crippen LogP contribution in [0.25, 0.3) is 0 Å². The topological polar surface area (TPSA) is 17.1 Å². The van der Waals surface area contributed by atoms with E-state index in [4.69, 9.17) is 23.2 Å². The van der Waals surface area contributed by atoms with Crippen LogP contribution in [0.3, 0.4) is 0 Å². The van der Waals surface area contributed by atoms with E-state index >= 15 is 0 Å². The first-order valence-electron chi connectivity index (χ1n) is 5.44. The SMILES string of the molecule is CC(C)CC(=O)CCc1cc(Cl)ccc1Cl. The predicted octanol–water partition coefficient (Wildman–Crippen LogP) is 4.54. The summed E-state index contributed by atoms with van der Waals surface area (Å²) in [5, 5.41) is 1.34. The van der Waals surface area contributed by atoms with Gasteiger partial charge in [0.1, 0.15) is 5.78 Å². The molecule has 0 amide bonds. The second-order valence-electron chi connectivity index (χ2n) is 4.37. The van der Waals surface area contributed by atoms with E-state index in [0.29, 0.717) is 35.2 Å². The number of benzene rings is 1. The summed E-state index contributed by atoms with van der Waals surface area (Å²) in [6, 6.07) is 5.35. The molecule has 0 unspecified atom stereocenters. The number of hydrogen-bond donors (Lipinski definition) is 0. The Bertz CT molecular complexity index is 372. The van der Waals surface area contributed by atoms with Crippen molar-refractivity contribution in [3.8, 4) is 0 Å². The molecule has 0 aliphatic rings. The Labute approximate surface area is 107 Å². The Kier molecular flexibility index (Phi) is 5.30. The molecule has 0 spiro atoms. The highest BCUT2D eigenvalue weighted by Gasteiger charge is 2.07. The summed E-state index contributed by atoms with van der Waals surface area (Å²) in [5.41, 5.74) is 0.950. The molecule has 16 heavy (non-hydrogen) atoms. The largest absolute Gasteiger partial charge is 0.300 e. The van der Waals surface area contributed by atoms with E-state index in [1.54, 1.807) is 12.1 Å². The third kappa shape index (κ3) is 4.54. The second-order valence-corrected chi connectivity index (χ2v) is 5.22. The highest BCUT2D eigenvalue weighted by molar-refractivity contribution is 6.33. The first-order valence-corrected chi connectivity index (χ1v) is 6.20. The van der Waals surface area contributed by atoms with Gasteiger partial charge in [0.2, 0.25) is 0 Å². The molecule has 0 aliphatic heterocycles. The van der Waals surface area contributed by atoms with Gasteiger partial charge in [-0.05, 0) is 36.1 Å². The van der Waals surface area contributed by atoms with E-state index < -0.39 is 0 Å². The summed E-state index contributed by atoms with van der Waals surface area (Å²) in [6.45, 7) is 4.09. The molecule has 1 aromatic rings. The normalized spacial score (nSPS) is 10.8. The van der Waals surface area contributed by atoms with Gasteiger partial charge < -0.3 is 0 Å². The first kappa shape index (κ1) is 13.5. The van der Waals surface area contributed by atoms with Crippen LogP contribution in [0.4, 0.5) is 0 Å². The van der Waals surface area contributed by atoms with Gasteiger partial charge >= 0.3 is 0 Å². The predicted molar refractivity (Wildman–Crippen MR) is 69.2 cm³/mol. The van der Waals surface area contributed by atoms with Crippen LogP contribution in [0.2, 0.25) is 10.0 Å². The van der Waals surface area contributed by atoms with E-state index in [1.165, 1.54) is 0 Å².